The number of sulfonamides is 1. The van der Waals surface area contributed by atoms with Crippen molar-refractivity contribution in [2.45, 2.75) is 24.7 Å². The van der Waals surface area contributed by atoms with Crippen LogP contribution in [0.25, 0.3) is 0 Å². The van der Waals surface area contributed by atoms with Gasteiger partial charge in [0.05, 0.1) is 18.1 Å². The van der Waals surface area contributed by atoms with E-state index >= 15 is 0 Å². The molecule has 0 fully saturated rings. The smallest absolute Gasteiger partial charge is 0.240 e. The number of rotatable bonds is 5. The molecule has 2 aromatic carbocycles. The van der Waals surface area contributed by atoms with Gasteiger partial charge in [-0.2, -0.15) is 0 Å². The Kier molecular flexibility index (Phi) is 5.06. The highest BCUT2D eigenvalue weighted by Gasteiger charge is 2.14. The van der Waals surface area contributed by atoms with E-state index in [0.717, 1.165) is 29.0 Å². The van der Waals surface area contributed by atoms with Gasteiger partial charge < -0.3 is 9.47 Å². The lowest BCUT2D eigenvalue weighted by Gasteiger charge is -2.10. The van der Waals surface area contributed by atoms with E-state index in [1.807, 2.05) is 25.1 Å². The van der Waals surface area contributed by atoms with Crippen LogP contribution in [0.5, 0.6) is 11.5 Å². The molecule has 0 atom stereocenters. The van der Waals surface area contributed by atoms with Crippen molar-refractivity contribution in [3.63, 3.8) is 0 Å². The van der Waals surface area contributed by atoms with Gasteiger partial charge in [-0.25, -0.2) is 13.1 Å². The molecule has 24 heavy (non-hydrogen) atoms. The maximum atomic E-state index is 12.3. The number of nitrogens with one attached hydrogen (secondary N) is 1. The fourth-order valence-electron chi connectivity index (χ4n) is 2.49. The molecule has 0 amide bonds. The molecule has 128 valence electrons. The predicted octanol–water partition coefficient (Wildman–Crippen LogP) is 2.68. The lowest BCUT2D eigenvalue weighted by molar-refractivity contribution is 0.297. The molecule has 5 nitrogen and oxygen atoms in total. The van der Waals surface area contributed by atoms with Crippen molar-refractivity contribution in [1.29, 1.82) is 0 Å². The number of ether oxygens (including phenoxy) is 2. The van der Waals surface area contributed by atoms with Crippen molar-refractivity contribution in [2.24, 2.45) is 0 Å². The molecule has 0 aromatic heterocycles. The normalized spacial score (nSPS) is 14.2. The van der Waals surface area contributed by atoms with Crippen LogP contribution in [0.1, 0.15) is 17.5 Å². The van der Waals surface area contributed by atoms with E-state index in [9.17, 15) is 8.42 Å². The summed E-state index contributed by atoms with van der Waals surface area (Å²) in [5.41, 5.74) is 2.03. The predicted molar refractivity (Wildman–Crippen MR) is 92.1 cm³/mol. The first-order chi connectivity index (χ1) is 11.5. The summed E-state index contributed by atoms with van der Waals surface area (Å²) in [7, 11) is -3.48. The zero-order valence-corrected chi connectivity index (χ0v) is 14.4. The lowest BCUT2D eigenvalue weighted by Crippen LogP contribution is -2.26. The summed E-state index contributed by atoms with van der Waals surface area (Å²) in [6.45, 7) is 3.54. The molecule has 1 aliphatic rings. The summed E-state index contributed by atoms with van der Waals surface area (Å²) in [5.74, 6) is 1.47. The Morgan fingerprint density at radius 1 is 1.00 bits per heavy atom. The topological polar surface area (TPSA) is 64.6 Å². The quantitative estimate of drug-likeness (QED) is 0.903. The van der Waals surface area contributed by atoms with Crippen LogP contribution in [0.2, 0.25) is 0 Å². The minimum atomic E-state index is -3.48. The highest BCUT2D eigenvalue weighted by Crippen LogP contribution is 2.30. The Morgan fingerprint density at radius 2 is 1.71 bits per heavy atom. The lowest BCUT2D eigenvalue weighted by atomic mass is 10.1. The third kappa shape index (κ3) is 4.07. The number of aryl methyl sites for hydroxylation is 1. The third-order valence-electron chi connectivity index (χ3n) is 3.85. The number of fused-ring (bicyclic) bond motifs is 1. The van der Waals surface area contributed by atoms with E-state index in [0.29, 0.717) is 26.2 Å². The fraction of sp³-hybridized carbons (Fsp3) is 0.333. The van der Waals surface area contributed by atoms with Gasteiger partial charge in [-0.3, -0.25) is 0 Å². The Balaban J connectivity index is 1.62. The van der Waals surface area contributed by atoms with Gasteiger partial charge in [-0.1, -0.05) is 23.8 Å². The second kappa shape index (κ2) is 7.23. The van der Waals surface area contributed by atoms with E-state index in [-0.39, 0.29) is 4.90 Å². The van der Waals surface area contributed by atoms with Crippen molar-refractivity contribution in [3.8, 4) is 11.5 Å². The summed E-state index contributed by atoms with van der Waals surface area (Å²) < 4.78 is 38.4. The van der Waals surface area contributed by atoms with Crippen LogP contribution >= 0.6 is 0 Å². The largest absolute Gasteiger partial charge is 0.490 e. The van der Waals surface area contributed by atoms with E-state index in [2.05, 4.69) is 4.72 Å². The van der Waals surface area contributed by atoms with Gasteiger partial charge in [0.1, 0.15) is 0 Å². The molecule has 6 heteroatoms. The molecule has 1 heterocycles. The van der Waals surface area contributed by atoms with Crippen molar-refractivity contribution in [3.05, 3.63) is 53.6 Å². The van der Waals surface area contributed by atoms with Crippen LogP contribution in [0.4, 0.5) is 0 Å². The third-order valence-corrected chi connectivity index (χ3v) is 5.33. The molecular weight excluding hydrogens is 326 g/mol. The molecule has 0 radical (unpaired) electrons. The van der Waals surface area contributed by atoms with Crippen LogP contribution in [-0.2, 0) is 16.4 Å². The monoisotopic (exact) mass is 347 g/mol. The van der Waals surface area contributed by atoms with Crippen LogP contribution in [0.3, 0.4) is 0 Å². The van der Waals surface area contributed by atoms with Gasteiger partial charge in [0.25, 0.3) is 0 Å². The molecule has 0 aliphatic carbocycles. The molecule has 1 N–H and O–H groups in total. The van der Waals surface area contributed by atoms with Gasteiger partial charge >= 0.3 is 0 Å². The zero-order chi connectivity index (χ0) is 17.0. The van der Waals surface area contributed by atoms with Gasteiger partial charge in [-0.15, -0.1) is 0 Å². The molecule has 0 saturated carbocycles. The summed E-state index contributed by atoms with van der Waals surface area (Å²) in [5, 5.41) is 0. The molecule has 0 saturated heterocycles. The van der Waals surface area contributed by atoms with Crippen LogP contribution in [0.15, 0.2) is 47.4 Å². The molecule has 1 aliphatic heterocycles. The Hall–Kier alpha value is -2.05. The van der Waals surface area contributed by atoms with Gasteiger partial charge in [0.2, 0.25) is 10.0 Å². The van der Waals surface area contributed by atoms with Crippen LogP contribution in [-0.4, -0.2) is 28.2 Å². The number of hydrogen-bond acceptors (Lipinski definition) is 4. The van der Waals surface area contributed by atoms with E-state index < -0.39 is 10.0 Å². The van der Waals surface area contributed by atoms with Crippen LogP contribution < -0.4 is 14.2 Å². The number of benzene rings is 2. The molecule has 0 unspecified atom stereocenters. The van der Waals surface area contributed by atoms with E-state index in [4.69, 9.17) is 9.47 Å². The molecule has 2 aromatic rings. The summed E-state index contributed by atoms with van der Waals surface area (Å²) >= 11 is 0. The standard InChI is InChI=1S/C18H21NO4S/c1-14-3-6-16(7-4-14)24(20,21)19-10-9-15-5-8-17-18(13-15)23-12-2-11-22-17/h3-8,13,19H,2,9-12H2,1H3. The van der Waals surface area contributed by atoms with Crippen molar-refractivity contribution in [2.75, 3.05) is 19.8 Å². The molecule has 0 spiro atoms. The Labute approximate surface area is 142 Å². The Morgan fingerprint density at radius 3 is 2.46 bits per heavy atom. The SMILES string of the molecule is Cc1ccc(S(=O)(=O)NCCc2ccc3c(c2)OCCCO3)cc1. The first-order valence-corrected chi connectivity index (χ1v) is 9.48. The average molecular weight is 347 g/mol. The minimum Gasteiger partial charge on any atom is -0.490 e. The van der Waals surface area contributed by atoms with Crippen LogP contribution in [0, 0.1) is 6.92 Å². The molecule has 3 rings (SSSR count). The summed E-state index contributed by atoms with van der Waals surface area (Å²) in [6.07, 6.45) is 1.45. The second-order valence-corrected chi connectivity index (χ2v) is 7.56. The average Bonchev–Trinajstić information content (AvgIpc) is 2.80. The van der Waals surface area contributed by atoms with Gasteiger partial charge in [-0.05, 0) is 43.2 Å². The maximum absolute atomic E-state index is 12.3. The van der Waals surface area contributed by atoms with E-state index in [1.54, 1.807) is 24.3 Å². The summed E-state index contributed by atoms with van der Waals surface area (Å²) in [6, 6.07) is 12.5. The first kappa shape index (κ1) is 16.8. The zero-order valence-electron chi connectivity index (χ0n) is 13.6. The summed E-state index contributed by atoms with van der Waals surface area (Å²) in [4.78, 5) is 0.284. The van der Waals surface area contributed by atoms with Crippen molar-refractivity contribution in [1.82, 2.24) is 4.72 Å². The molecular formula is C18H21NO4S. The Bertz CT molecular complexity index is 800. The second-order valence-electron chi connectivity index (χ2n) is 5.79. The minimum absolute atomic E-state index is 0.284. The first-order valence-electron chi connectivity index (χ1n) is 7.99. The van der Waals surface area contributed by atoms with Crippen molar-refractivity contribution >= 4 is 10.0 Å². The van der Waals surface area contributed by atoms with E-state index in [1.165, 1.54) is 0 Å². The van der Waals surface area contributed by atoms with Gasteiger partial charge in [0.15, 0.2) is 11.5 Å². The highest BCUT2D eigenvalue weighted by molar-refractivity contribution is 7.89. The van der Waals surface area contributed by atoms with Crippen molar-refractivity contribution < 1.29 is 17.9 Å². The molecule has 0 bridgehead atoms. The highest BCUT2D eigenvalue weighted by atomic mass is 32.2. The maximum Gasteiger partial charge on any atom is 0.240 e. The number of hydrogen-bond donors (Lipinski definition) is 1. The van der Waals surface area contributed by atoms with Gasteiger partial charge in [0, 0.05) is 13.0 Å². The fourth-order valence-corrected chi connectivity index (χ4v) is 3.53.